The minimum atomic E-state index is -1.79. The van der Waals surface area contributed by atoms with Gasteiger partial charge in [0.2, 0.25) is 82.7 Å². The average Bonchev–Trinajstić information content (AvgIpc) is 0.916. The summed E-state index contributed by atoms with van der Waals surface area (Å²) >= 11 is 0. The smallest absolute Gasteiger partial charge is 0.326 e. The molecule has 0 saturated carbocycles. The van der Waals surface area contributed by atoms with Crippen molar-refractivity contribution in [1.29, 1.82) is 0 Å². The molecule has 0 aliphatic carbocycles. The lowest BCUT2D eigenvalue weighted by Gasteiger charge is -2.28. The summed E-state index contributed by atoms with van der Waals surface area (Å²) in [4.78, 5) is 201. The molecule has 37 heteroatoms. The number of nitrogens with one attached hydrogen (secondary N) is 12. The number of rotatable bonds is 47. The Morgan fingerprint density at radius 1 is 0.368 bits per heavy atom. The van der Waals surface area contributed by atoms with Crippen LogP contribution in [0.3, 0.4) is 0 Å². The monoisotopic (exact) mass is 1360 g/mol. The molecule has 0 fully saturated rings. The van der Waals surface area contributed by atoms with Crippen molar-refractivity contribution in [2.45, 2.75) is 200 Å². The summed E-state index contributed by atoms with van der Waals surface area (Å²) in [6.07, 6.45) is -1.76. The molecule has 540 valence electrons. The van der Waals surface area contributed by atoms with Crippen molar-refractivity contribution in [3.05, 3.63) is 0 Å². The highest BCUT2D eigenvalue weighted by Crippen LogP contribution is 2.13. The van der Waals surface area contributed by atoms with Gasteiger partial charge >= 0.3 is 5.97 Å². The first-order valence-corrected chi connectivity index (χ1v) is 31.3. The second-order valence-corrected chi connectivity index (χ2v) is 24.8. The molecule has 0 rings (SSSR count). The summed E-state index contributed by atoms with van der Waals surface area (Å²) in [6.45, 7) is 12.4. The summed E-state index contributed by atoms with van der Waals surface area (Å²) in [5.74, 6) is -16.7. The van der Waals surface area contributed by atoms with Gasteiger partial charge in [-0.3, -0.25) is 72.1 Å². The molecule has 26 N–H and O–H groups in total. The minimum absolute atomic E-state index is 0.0109. The maximum absolute atomic E-state index is 13.9. The number of aliphatic hydroxyl groups excluding tert-OH is 3. The average molecular weight is 1360 g/mol. The van der Waals surface area contributed by atoms with Gasteiger partial charge in [-0.25, -0.2) is 4.79 Å². The van der Waals surface area contributed by atoms with Crippen LogP contribution in [-0.2, 0) is 71.9 Å². The number of hydrogen-bond donors (Lipinski definition) is 21. The van der Waals surface area contributed by atoms with Crippen LogP contribution in [0.1, 0.15) is 133 Å². The molecule has 0 spiro atoms. The Bertz CT molecular complexity index is 2640. The fourth-order valence-corrected chi connectivity index (χ4v) is 8.92. The third-order valence-electron chi connectivity index (χ3n) is 13.8. The van der Waals surface area contributed by atoms with E-state index in [4.69, 9.17) is 28.7 Å². The Kier molecular flexibility index (Phi) is 40.5. The molecule has 0 aromatic carbocycles. The number of nitrogens with zero attached hydrogens (tertiary/aromatic N) is 1. The number of aliphatic imine (C=N–C) groups is 1. The number of guanidine groups is 1. The molecule has 0 unspecified atom stereocenters. The van der Waals surface area contributed by atoms with Crippen LogP contribution in [0, 0.1) is 29.6 Å². The highest BCUT2D eigenvalue weighted by molar-refractivity contribution is 5.99. The van der Waals surface area contributed by atoms with Gasteiger partial charge < -0.3 is 113 Å². The van der Waals surface area contributed by atoms with Crippen molar-refractivity contribution < 1.29 is 92.3 Å². The van der Waals surface area contributed by atoms with Crippen molar-refractivity contribution in [2.24, 2.45) is 63.3 Å². The molecule has 37 nitrogen and oxygen atoms in total. The zero-order chi connectivity index (χ0) is 73.0. The molecule has 11 atom stereocenters. The van der Waals surface area contributed by atoms with E-state index in [1.54, 1.807) is 69.2 Å². The molecule has 0 radical (unpaired) electrons. The maximum atomic E-state index is 13.9. The number of carboxylic acid groups (broad SMARTS) is 1. The highest BCUT2D eigenvalue weighted by atomic mass is 16.4. The molecule has 14 amide bonds. The van der Waals surface area contributed by atoms with Gasteiger partial charge in [-0.15, -0.1) is 0 Å². The summed E-state index contributed by atoms with van der Waals surface area (Å²) in [6, 6.07) is -16.2. The van der Waals surface area contributed by atoms with Crippen LogP contribution in [0.25, 0.3) is 0 Å². The van der Waals surface area contributed by atoms with Gasteiger partial charge in [0, 0.05) is 19.4 Å². The van der Waals surface area contributed by atoms with Crippen LogP contribution in [-0.4, -0.2) is 221 Å². The number of carbonyl (C=O) groups excluding carboxylic acids is 14. The van der Waals surface area contributed by atoms with Crippen molar-refractivity contribution >= 4 is 94.6 Å². The van der Waals surface area contributed by atoms with E-state index in [1.165, 1.54) is 0 Å². The van der Waals surface area contributed by atoms with Crippen molar-refractivity contribution in [2.75, 3.05) is 39.5 Å². The maximum Gasteiger partial charge on any atom is 0.326 e. The van der Waals surface area contributed by atoms with E-state index in [9.17, 15) is 92.3 Å². The normalized spacial score (nSPS) is 14.7. The summed E-state index contributed by atoms with van der Waals surface area (Å²) < 4.78 is 0. The Morgan fingerprint density at radius 2 is 0.684 bits per heavy atom. The van der Waals surface area contributed by atoms with E-state index in [-0.39, 0.29) is 74.7 Å². The van der Waals surface area contributed by atoms with E-state index in [1.807, 2.05) is 0 Å². The first kappa shape index (κ1) is 86.2. The minimum Gasteiger partial charge on any atom is -0.480 e. The Labute approximate surface area is 551 Å². The predicted octanol–water partition coefficient (Wildman–Crippen LogP) is -8.12. The van der Waals surface area contributed by atoms with Gasteiger partial charge in [0.15, 0.2) is 5.96 Å². The third-order valence-corrected chi connectivity index (χ3v) is 13.8. The predicted molar refractivity (Wildman–Crippen MR) is 342 cm³/mol. The Balaban J connectivity index is 6.36. The number of aliphatic carboxylic acids is 1. The molecule has 0 bridgehead atoms. The largest absolute Gasteiger partial charge is 0.480 e. The number of aliphatic hydroxyl groups is 3. The zero-order valence-electron chi connectivity index (χ0n) is 55.8. The number of hydrogen-bond acceptors (Lipinski definition) is 20. The second kappa shape index (κ2) is 44.7. The van der Waals surface area contributed by atoms with E-state index >= 15 is 0 Å². The van der Waals surface area contributed by atoms with E-state index in [2.05, 4.69) is 68.8 Å². The lowest BCUT2D eigenvalue weighted by Crippen LogP contribution is -2.60. The molecule has 0 aromatic rings. The van der Waals surface area contributed by atoms with Crippen LogP contribution in [0.2, 0.25) is 0 Å². The fourth-order valence-electron chi connectivity index (χ4n) is 8.92. The van der Waals surface area contributed by atoms with Crippen molar-refractivity contribution in [3.63, 3.8) is 0 Å². The first-order chi connectivity index (χ1) is 44.3. The molecular formula is C58H104N18O19. The van der Waals surface area contributed by atoms with Crippen molar-refractivity contribution in [3.8, 4) is 0 Å². The Morgan fingerprint density at radius 3 is 1.05 bits per heavy atom. The molecular weight excluding hydrogens is 1250 g/mol. The third kappa shape index (κ3) is 35.9. The van der Waals surface area contributed by atoms with Crippen LogP contribution in [0.4, 0.5) is 0 Å². The summed E-state index contributed by atoms with van der Waals surface area (Å²) in [5, 5.41) is 67.7. The van der Waals surface area contributed by atoms with Gasteiger partial charge in [-0.1, -0.05) is 69.2 Å². The van der Waals surface area contributed by atoms with Crippen LogP contribution in [0.5, 0.6) is 0 Å². The standard InChI is InChI=1S/C58H104N18O19/c1-27(2)18-36(70-53(90)37(19-28(3)4)72-55(92)41(26-79)74-47(84)32(59)24-77)48(85)65-22-44(82)67-34(13-15-42(60)80)51(88)71-38(20-29(5)6)54(91)75-40(25-78)49(86)66-23-45(83)68-35(14-16-43(61)81)52(89)76-46(31(9)10)56(93)69-33(12-11-17-64-58(62)63)50(87)73-39(57(94)95)21-30(7)8/h27-41,46,77-79H,11-26,59H2,1-10H3,(H2,60,80)(H2,61,81)(H,65,85)(H,66,86)(H,67,82)(H,68,83)(H,69,93)(H,70,90)(H,71,88)(H,72,92)(H,73,87)(H,74,84)(H,75,91)(H,76,89)(H,94,95)(H4,62,63,64)/t32-,33-,34-,35-,36-,37-,38-,39-,40-,41-,46-/m0/s1. The molecule has 0 aliphatic rings. The van der Waals surface area contributed by atoms with Gasteiger partial charge in [0.1, 0.15) is 66.5 Å². The molecule has 0 saturated heterocycles. The topological polar surface area (TPSA) is 624 Å². The first-order valence-electron chi connectivity index (χ1n) is 31.3. The second-order valence-electron chi connectivity index (χ2n) is 24.8. The van der Waals surface area contributed by atoms with Gasteiger partial charge in [0.05, 0.1) is 32.9 Å². The van der Waals surface area contributed by atoms with E-state index < -0.39 is 220 Å². The van der Waals surface area contributed by atoms with Crippen LogP contribution >= 0.6 is 0 Å². The lowest BCUT2D eigenvalue weighted by molar-refractivity contribution is -0.143. The van der Waals surface area contributed by atoms with Crippen LogP contribution < -0.4 is 92.5 Å². The molecule has 0 aromatic heterocycles. The zero-order valence-corrected chi connectivity index (χ0v) is 55.8. The van der Waals surface area contributed by atoms with Crippen molar-refractivity contribution in [1.82, 2.24) is 63.8 Å². The summed E-state index contributed by atoms with van der Waals surface area (Å²) in [5.41, 5.74) is 27.1. The number of carboxylic acids is 1. The SMILES string of the molecule is CC(C)C[C@H](NC(=O)[C@H](CCCN=C(N)N)NC(=O)[C@@H](NC(=O)[C@H](CCC(N)=O)NC(=O)CNC(=O)[C@H](CO)NC(=O)[C@H](CC(C)C)NC(=O)[C@H](CCC(N)=O)NC(=O)CNC(=O)[C@H](CC(C)C)NC(=O)[C@H](CC(C)C)NC(=O)[C@H](CO)NC(=O)[C@@H](N)CO)C(C)C)C(=O)O. The highest BCUT2D eigenvalue weighted by Gasteiger charge is 2.36. The number of nitrogens with two attached hydrogens (primary N) is 5. The quantitative estimate of drug-likeness (QED) is 0.0153. The molecule has 95 heavy (non-hydrogen) atoms. The van der Waals surface area contributed by atoms with Gasteiger partial charge in [-0.05, 0) is 81.0 Å². The van der Waals surface area contributed by atoms with E-state index in [0.29, 0.717) is 0 Å². The van der Waals surface area contributed by atoms with Gasteiger partial charge in [-0.2, -0.15) is 0 Å². The number of carbonyl (C=O) groups is 15. The van der Waals surface area contributed by atoms with E-state index in [0.717, 1.165) is 0 Å². The lowest BCUT2D eigenvalue weighted by atomic mass is 9.99. The van der Waals surface area contributed by atoms with Crippen LogP contribution in [0.15, 0.2) is 4.99 Å². The van der Waals surface area contributed by atoms with Gasteiger partial charge in [0.25, 0.3) is 0 Å². The Hall–Kier alpha value is -8.84. The number of amides is 14. The fraction of sp³-hybridized carbons (Fsp3) is 0.724. The number of primary amides is 2. The molecule has 0 heterocycles. The molecule has 0 aliphatic heterocycles. The summed E-state index contributed by atoms with van der Waals surface area (Å²) in [7, 11) is 0.